The molecule has 4 heteroatoms. The molecule has 0 aromatic carbocycles. The third kappa shape index (κ3) is 2.00. The molecule has 3 rings (SSSR count). The van der Waals surface area contributed by atoms with Crippen LogP contribution in [-0.4, -0.2) is 42.3 Å². The Labute approximate surface area is 122 Å². The number of carbonyl (C=O) groups is 1. The topological polar surface area (TPSA) is 41.6 Å². The number of nitrogens with one attached hydrogen (secondary N) is 1. The van der Waals surface area contributed by atoms with Gasteiger partial charge in [0.15, 0.2) is 0 Å². The van der Waals surface area contributed by atoms with Crippen LogP contribution in [0.25, 0.3) is 0 Å². The summed E-state index contributed by atoms with van der Waals surface area (Å²) >= 11 is 0. The Bertz CT molecular complexity index is 390. The molecule has 3 aliphatic rings. The molecule has 1 heterocycles. The molecule has 1 aliphatic heterocycles. The first-order chi connectivity index (χ1) is 9.46. The predicted molar refractivity (Wildman–Crippen MR) is 78.2 cm³/mol. The van der Waals surface area contributed by atoms with Crippen molar-refractivity contribution in [1.29, 1.82) is 0 Å². The third-order valence-electron chi connectivity index (χ3n) is 5.94. The summed E-state index contributed by atoms with van der Waals surface area (Å²) in [5, 5.41) is 3.55. The largest absolute Gasteiger partial charge is 0.381 e. The van der Waals surface area contributed by atoms with E-state index < -0.39 is 0 Å². The van der Waals surface area contributed by atoms with Crippen LogP contribution in [0.1, 0.15) is 52.9 Å². The van der Waals surface area contributed by atoms with Gasteiger partial charge in [0, 0.05) is 18.6 Å². The van der Waals surface area contributed by atoms with E-state index in [1.165, 1.54) is 25.7 Å². The molecule has 0 bridgehead atoms. The lowest BCUT2D eigenvalue weighted by Gasteiger charge is -2.56. The molecule has 0 radical (unpaired) electrons. The Kier molecular flexibility index (Phi) is 3.57. The first-order valence-corrected chi connectivity index (χ1v) is 8.08. The standard InChI is InChI=1S/C16H28N2O2/c1-10-15(19)18(12-9-13(20-4)16(12,2)3)14(17-10)11-7-5-6-8-11/h10-14,17H,5-9H2,1-4H3. The van der Waals surface area contributed by atoms with Crippen molar-refractivity contribution in [2.24, 2.45) is 11.3 Å². The Hall–Kier alpha value is -0.610. The van der Waals surface area contributed by atoms with Crippen LogP contribution < -0.4 is 5.32 Å². The quantitative estimate of drug-likeness (QED) is 0.861. The van der Waals surface area contributed by atoms with E-state index in [0.29, 0.717) is 12.0 Å². The van der Waals surface area contributed by atoms with Gasteiger partial charge in [0.25, 0.3) is 0 Å². The van der Waals surface area contributed by atoms with Crippen molar-refractivity contribution in [2.45, 2.75) is 77.2 Å². The zero-order chi connectivity index (χ0) is 14.5. The van der Waals surface area contributed by atoms with E-state index in [-0.39, 0.29) is 29.6 Å². The van der Waals surface area contributed by atoms with E-state index in [0.717, 1.165) is 6.42 Å². The van der Waals surface area contributed by atoms with Gasteiger partial charge in [-0.3, -0.25) is 10.1 Å². The summed E-state index contributed by atoms with van der Waals surface area (Å²) in [6, 6.07) is 0.293. The van der Waals surface area contributed by atoms with Crippen LogP contribution in [0.4, 0.5) is 0 Å². The molecule has 1 saturated heterocycles. The first-order valence-electron chi connectivity index (χ1n) is 8.08. The molecule has 4 unspecified atom stereocenters. The summed E-state index contributed by atoms with van der Waals surface area (Å²) in [5.74, 6) is 0.927. The number of carbonyl (C=O) groups excluding carboxylic acids is 1. The van der Waals surface area contributed by atoms with Crippen LogP contribution in [-0.2, 0) is 9.53 Å². The molecule has 0 spiro atoms. The van der Waals surface area contributed by atoms with E-state index in [1.807, 2.05) is 6.92 Å². The Morgan fingerprint density at radius 2 is 1.95 bits per heavy atom. The molecule has 2 saturated carbocycles. The summed E-state index contributed by atoms with van der Waals surface area (Å²) in [5.41, 5.74) is 0.0625. The number of amides is 1. The number of ether oxygens (including phenoxy) is 1. The van der Waals surface area contributed by atoms with E-state index in [1.54, 1.807) is 7.11 Å². The van der Waals surface area contributed by atoms with Gasteiger partial charge in [-0.1, -0.05) is 26.7 Å². The molecule has 0 aromatic heterocycles. The minimum Gasteiger partial charge on any atom is -0.381 e. The number of nitrogens with zero attached hydrogens (tertiary/aromatic N) is 1. The molecular weight excluding hydrogens is 252 g/mol. The maximum atomic E-state index is 12.6. The summed E-state index contributed by atoms with van der Waals surface area (Å²) in [4.78, 5) is 14.8. The van der Waals surface area contributed by atoms with Crippen molar-refractivity contribution in [3.63, 3.8) is 0 Å². The second-order valence-electron chi connectivity index (χ2n) is 7.42. The average molecular weight is 280 g/mol. The summed E-state index contributed by atoms with van der Waals surface area (Å²) < 4.78 is 5.56. The van der Waals surface area contributed by atoms with Gasteiger partial charge < -0.3 is 9.64 Å². The predicted octanol–water partition coefficient (Wildman–Crippen LogP) is 2.14. The summed E-state index contributed by atoms with van der Waals surface area (Å²) in [6.45, 7) is 6.47. The fraction of sp³-hybridized carbons (Fsp3) is 0.938. The fourth-order valence-electron chi connectivity index (χ4n) is 4.49. The van der Waals surface area contributed by atoms with Gasteiger partial charge >= 0.3 is 0 Å². The molecule has 2 aliphatic carbocycles. The van der Waals surface area contributed by atoms with Gasteiger partial charge in [-0.2, -0.15) is 0 Å². The lowest BCUT2D eigenvalue weighted by Crippen LogP contribution is -2.65. The molecule has 1 N–H and O–H groups in total. The highest BCUT2D eigenvalue weighted by molar-refractivity contribution is 5.84. The number of rotatable bonds is 3. The zero-order valence-corrected chi connectivity index (χ0v) is 13.2. The normalized spacial score (nSPS) is 41.2. The lowest BCUT2D eigenvalue weighted by molar-refractivity contribution is -0.164. The SMILES string of the molecule is COC1CC(N2C(=O)C(C)NC2C2CCCC2)C1(C)C. The number of methoxy groups -OCH3 is 1. The molecule has 3 fully saturated rings. The molecule has 20 heavy (non-hydrogen) atoms. The number of hydrogen-bond acceptors (Lipinski definition) is 3. The van der Waals surface area contributed by atoms with Crippen molar-refractivity contribution in [3.05, 3.63) is 0 Å². The molecule has 114 valence electrons. The molecule has 0 aromatic rings. The fourth-order valence-corrected chi connectivity index (χ4v) is 4.49. The van der Waals surface area contributed by atoms with Crippen LogP contribution >= 0.6 is 0 Å². The molecule has 1 amide bonds. The van der Waals surface area contributed by atoms with E-state index in [4.69, 9.17) is 4.74 Å². The van der Waals surface area contributed by atoms with Gasteiger partial charge in [0.1, 0.15) is 0 Å². The second-order valence-corrected chi connectivity index (χ2v) is 7.42. The monoisotopic (exact) mass is 280 g/mol. The van der Waals surface area contributed by atoms with Gasteiger partial charge in [-0.05, 0) is 32.1 Å². The van der Waals surface area contributed by atoms with Crippen molar-refractivity contribution < 1.29 is 9.53 Å². The van der Waals surface area contributed by atoms with Crippen molar-refractivity contribution in [3.8, 4) is 0 Å². The van der Waals surface area contributed by atoms with Crippen LogP contribution in [0, 0.1) is 11.3 Å². The summed E-state index contributed by atoms with van der Waals surface area (Å²) in [7, 11) is 1.78. The smallest absolute Gasteiger partial charge is 0.241 e. The maximum Gasteiger partial charge on any atom is 0.241 e. The highest BCUT2D eigenvalue weighted by Crippen LogP contribution is 2.48. The van der Waals surface area contributed by atoms with Gasteiger partial charge in [-0.15, -0.1) is 0 Å². The lowest BCUT2D eigenvalue weighted by atomic mass is 9.63. The summed E-state index contributed by atoms with van der Waals surface area (Å²) in [6.07, 6.45) is 6.65. The Morgan fingerprint density at radius 3 is 2.50 bits per heavy atom. The molecule has 4 nitrogen and oxygen atoms in total. The molecular formula is C16H28N2O2. The zero-order valence-electron chi connectivity index (χ0n) is 13.2. The van der Waals surface area contributed by atoms with Gasteiger partial charge in [-0.25, -0.2) is 0 Å². The molecule has 4 atom stereocenters. The Balaban J connectivity index is 1.80. The van der Waals surface area contributed by atoms with Crippen molar-refractivity contribution in [2.75, 3.05) is 7.11 Å². The second kappa shape index (κ2) is 4.99. The van der Waals surface area contributed by atoms with Gasteiger partial charge in [0.2, 0.25) is 5.91 Å². The minimum atomic E-state index is -0.0296. The average Bonchev–Trinajstić information content (AvgIpc) is 3.01. The third-order valence-corrected chi connectivity index (χ3v) is 5.94. The maximum absolute atomic E-state index is 12.6. The minimum absolute atomic E-state index is 0.0296. The van der Waals surface area contributed by atoms with Crippen LogP contribution in [0.2, 0.25) is 0 Å². The van der Waals surface area contributed by atoms with Crippen LogP contribution in [0.3, 0.4) is 0 Å². The van der Waals surface area contributed by atoms with E-state index in [9.17, 15) is 4.79 Å². The van der Waals surface area contributed by atoms with Crippen molar-refractivity contribution >= 4 is 5.91 Å². The van der Waals surface area contributed by atoms with Crippen LogP contribution in [0.5, 0.6) is 0 Å². The Morgan fingerprint density at radius 1 is 1.30 bits per heavy atom. The van der Waals surface area contributed by atoms with Crippen LogP contribution in [0.15, 0.2) is 0 Å². The highest BCUT2D eigenvalue weighted by Gasteiger charge is 2.57. The van der Waals surface area contributed by atoms with Gasteiger partial charge in [0.05, 0.1) is 18.3 Å². The van der Waals surface area contributed by atoms with E-state index >= 15 is 0 Å². The van der Waals surface area contributed by atoms with E-state index in [2.05, 4.69) is 24.1 Å². The number of hydrogen-bond donors (Lipinski definition) is 1. The van der Waals surface area contributed by atoms with Crippen molar-refractivity contribution in [1.82, 2.24) is 10.2 Å². The first kappa shape index (κ1) is 14.3. The highest BCUT2D eigenvalue weighted by atomic mass is 16.5.